The Hall–Kier alpha value is -3.08. The molecule has 3 aromatic rings. The van der Waals surface area contributed by atoms with E-state index < -0.39 is 0 Å². The van der Waals surface area contributed by atoms with Gasteiger partial charge in [0.1, 0.15) is 5.75 Å². The summed E-state index contributed by atoms with van der Waals surface area (Å²) in [6, 6.07) is 14.4. The molecule has 2 aromatic carbocycles. The van der Waals surface area contributed by atoms with E-state index in [2.05, 4.69) is 33.3 Å². The van der Waals surface area contributed by atoms with Gasteiger partial charge in [0.15, 0.2) is 0 Å². The van der Waals surface area contributed by atoms with Crippen LogP contribution < -0.4 is 4.74 Å². The summed E-state index contributed by atoms with van der Waals surface area (Å²) in [5.74, 6) is 0.960. The second-order valence-electron chi connectivity index (χ2n) is 8.08. The third kappa shape index (κ3) is 2.92. The van der Waals surface area contributed by atoms with Gasteiger partial charge in [0, 0.05) is 23.9 Å². The molecule has 0 saturated heterocycles. The Kier molecular flexibility index (Phi) is 4.38. The lowest BCUT2D eigenvalue weighted by molar-refractivity contribution is 0.0386. The average Bonchev–Trinajstić information content (AvgIpc) is 3.38. The van der Waals surface area contributed by atoms with E-state index in [9.17, 15) is 4.79 Å². The first-order chi connectivity index (χ1) is 14.2. The van der Waals surface area contributed by atoms with E-state index in [1.165, 1.54) is 12.0 Å². The number of fused-ring (bicyclic) bond motifs is 2. The molecule has 1 spiro atoms. The van der Waals surface area contributed by atoms with Gasteiger partial charge in [0.2, 0.25) is 0 Å². The summed E-state index contributed by atoms with van der Waals surface area (Å²) in [6.45, 7) is 0.603. The van der Waals surface area contributed by atoms with Gasteiger partial charge in [-0.1, -0.05) is 43.5 Å². The van der Waals surface area contributed by atoms with Crippen molar-refractivity contribution < 1.29 is 9.53 Å². The maximum atomic E-state index is 13.6. The number of methoxy groups -OCH3 is 1. The fourth-order valence-corrected chi connectivity index (χ4v) is 5.05. The van der Waals surface area contributed by atoms with Gasteiger partial charge in [0.25, 0.3) is 5.91 Å². The standard InChI is InChI=1S/C24H25N3O2/c1-29-20-7-5-6-17(12-20)16-27-23(28)21-13-18(19-14-25-26-15-19)8-9-22(21)24(27)10-3-2-4-11-24/h5-9,12-15H,2-4,10-11,16H2,1H3,(H,25,26). The van der Waals surface area contributed by atoms with Crippen LogP contribution in [-0.2, 0) is 12.1 Å². The molecule has 1 N–H and O–H groups in total. The van der Waals surface area contributed by atoms with Crippen molar-refractivity contribution in [3.05, 3.63) is 71.5 Å². The van der Waals surface area contributed by atoms with Crippen LogP contribution in [-0.4, -0.2) is 28.1 Å². The summed E-state index contributed by atoms with van der Waals surface area (Å²) in [6.07, 6.45) is 9.28. The van der Waals surface area contributed by atoms with Gasteiger partial charge in [-0.3, -0.25) is 9.89 Å². The number of aromatic amines is 1. The van der Waals surface area contributed by atoms with Gasteiger partial charge < -0.3 is 9.64 Å². The van der Waals surface area contributed by atoms with E-state index in [0.29, 0.717) is 6.54 Å². The number of nitrogens with one attached hydrogen (secondary N) is 1. The Labute approximate surface area is 170 Å². The minimum atomic E-state index is -0.192. The van der Waals surface area contributed by atoms with Crippen molar-refractivity contribution >= 4 is 5.91 Å². The van der Waals surface area contributed by atoms with Crippen LogP contribution in [0.2, 0.25) is 0 Å². The molecule has 1 saturated carbocycles. The number of nitrogens with zero attached hydrogens (tertiary/aromatic N) is 2. The normalized spacial score (nSPS) is 17.6. The van der Waals surface area contributed by atoms with Crippen molar-refractivity contribution in [1.82, 2.24) is 15.1 Å². The van der Waals surface area contributed by atoms with Gasteiger partial charge in [-0.05, 0) is 47.7 Å². The van der Waals surface area contributed by atoms with Crippen LogP contribution in [0.5, 0.6) is 5.75 Å². The van der Waals surface area contributed by atoms with Crippen LogP contribution >= 0.6 is 0 Å². The van der Waals surface area contributed by atoms with Crippen LogP contribution in [0.3, 0.4) is 0 Å². The highest BCUT2D eigenvalue weighted by molar-refractivity contribution is 6.01. The number of hydrogen-bond acceptors (Lipinski definition) is 3. The fraction of sp³-hybridized carbons (Fsp3) is 0.333. The molecule has 1 amide bonds. The number of hydrogen-bond donors (Lipinski definition) is 1. The highest BCUT2D eigenvalue weighted by Gasteiger charge is 2.49. The van der Waals surface area contributed by atoms with Crippen molar-refractivity contribution in [2.24, 2.45) is 0 Å². The van der Waals surface area contributed by atoms with Crippen molar-refractivity contribution in [1.29, 1.82) is 0 Å². The van der Waals surface area contributed by atoms with E-state index in [-0.39, 0.29) is 11.4 Å². The number of ether oxygens (including phenoxy) is 1. The van der Waals surface area contributed by atoms with Crippen molar-refractivity contribution in [3.63, 3.8) is 0 Å². The smallest absolute Gasteiger partial charge is 0.255 e. The van der Waals surface area contributed by atoms with E-state index in [1.54, 1.807) is 13.3 Å². The first kappa shape index (κ1) is 18.0. The molecule has 5 rings (SSSR count). The van der Waals surface area contributed by atoms with E-state index in [0.717, 1.165) is 53.7 Å². The van der Waals surface area contributed by atoms with Gasteiger partial charge in [0.05, 0.1) is 18.8 Å². The maximum Gasteiger partial charge on any atom is 0.255 e. The molecule has 5 nitrogen and oxygen atoms in total. The summed E-state index contributed by atoms with van der Waals surface area (Å²) in [7, 11) is 1.68. The molecule has 0 bridgehead atoms. The zero-order valence-corrected chi connectivity index (χ0v) is 16.6. The Balaban J connectivity index is 1.57. The molecule has 2 aliphatic rings. The highest BCUT2D eigenvalue weighted by Crippen LogP contribution is 2.50. The third-order valence-corrected chi connectivity index (χ3v) is 6.50. The van der Waals surface area contributed by atoms with Crippen LogP contribution in [0.15, 0.2) is 54.9 Å². The molecule has 1 aliphatic carbocycles. The largest absolute Gasteiger partial charge is 0.497 e. The SMILES string of the molecule is COc1cccc(CN2C(=O)c3cc(-c4cn[nH]c4)ccc3C23CCCCC3)c1. The van der Waals surface area contributed by atoms with E-state index in [4.69, 9.17) is 4.74 Å². The van der Waals surface area contributed by atoms with E-state index in [1.807, 2.05) is 30.5 Å². The second-order valence-corrected chi connectivity index (χ2v) is 8.08. The lowest BCUT2D eigenvalue weighted by Gasteiger charge is -2.42. The number of H-pyrrole nitrogens is 1. The molecule has 5 heteroatoms. The Bertz CT molecular complexity index is 1040. The molecule has 29 heavy (non-hydrogen) atoms. The predicted octanol–water partition coefficient (Wildman–Crippen LogP) is 4.90. The van der Waals surface area contributed by atoms with Crippen LogP contribution in [0.4, 0.5) is 0 Å². The summed E-state index contributed by atoms with van der Waals surface area (Å²) >= 11 is 0. The fourth-order valence-electron chi connectivity index (χ4n) is 5.05. The van der Waals surface area contributed by atoms with Crippen molar-refractivity contribution in [2.45, 2.75) is 44.2 Å². The Morgan fingerprint density at radius 2 is 1.97 bits per heavy atom. The quantitative estimate of drug-likeness (QED) is 0.693. The predicted molar refractivity (Wildman–Crippen MR) is 112 cm³/mol. The molecule has 1 aromatic heterocycles. The number of carbonyl (C=O) groups excluding carboxylic acids is 1. The third-order valence-electron chi connectivity index (χ3n) is 6.50. The minimum Gasteiger partial charge on any atom is -0.497 e. The molecule has 1 aliphatic heterocycles. The van der Waals surface area contributed by atoms with Gasteiger partial charge >= 0.3 is 0 Å². The first-order valence-corrected chi connectivity index (χ1v) is 10.3. The van der Waals surface area contributed by atoms with Gasteiger partial charge in [-0.2, -0.15) is 5.10 Å². The topological polar surface area (TPSA) is 58.2 Å². The molecule has 1 fully saturated rings. The van der Waals surface area contributed by atoms with E-state index >= 15 is 0 Å². The maximum absolute atomic E-state index is 13.6. The first-order valence-electron chi connectivity index (χ1n) is 10.3. The summed E-state index contributed by atoms with van der Waals surface area (Å²) in [5.41, 5.74) is 4.98. The molecule has 0 unspecified atom stereocenters. The number of amides is 1. The molecular formula is C24H25N3O2. The Morgan fingerprint density at radius 3 is 2.72 bits per heavy atom. The highest BCUT2D eigenvalue weighted by atomic mass is 16.5. The zero-order chi connectivity index (χ0) is 19.8. The van der Waals surface area contributed by atoms with Gasteiger partial charge in [-0.25, -0.2) is 0 Å². The van der Waals surface area contributed by atoms with Crippen LogP contribution in [0.1, 0.15) is 53.6 Å². The molecule has 0 atom stereocenters. The zero-order valence-electron chi connectivity index (χ0n) is 16.6. The van der Waals surface area contributed by atoms with Crippen LogP contribution in [0.25, 0.3) is 11.1 Å². The molecule has 0 radical (unpaired) electrons. The molecular weight excluding hydrogens is 362 g/mol. The summed E-state index contributed by atoms with van der Waals surface area (Å²) in [5, 5.41) is 6.91. The lowest BCUT2D eigenvalue weighted by Crippen LogP contribution is -2.44. The van der Waals surface area contributed by atoms with Crippen molar-refractivity contribution in [2.75, 3.05) is 7.11 Å². The summed E-state index contributed by atoms with van der Waals surface area (Å²) in [4.78, 5) is 15.7. The Morgan fingerprint density at radius 1 is 1.10 bits per heavy atom. The number of aromatic nitrogens is 2. The molecule has 2 heterocycles. The number of benzene rings is 2. The van der Waals surface area contributed by atoms with Crippen molar-refractivity contribution in [3.8, 4) is 16.9 Å². The average molecular weight is 387 g/mol. The number of rotatable bonds is 4. The minimum absolute atomic E-state index is 0.134. The van der Waals surface area contributed by atoms with Crippen LogP contribution in [0, 0.1) is 0 Å². The summed E-state index contributed by atoms with van der Waals surface area (Å²) < 4.78 is 5.39. The second kappa shape index (κ2) is 7.07. The van der Waals surface area contributed by atoms with Gasteiger partial charge in [-0.15, -0.1) is 0 Å². The molecule has 148 valence electrons. The number of carbonyl (C=O) groups is 1. The monoisotopic (exact) mass is 387 g/mol. The lowest BCUT2D eigenvalue weighted by atomic mass is 9.76.